The second kappa shape index (κ2) is 7.22. The smallest absolute Gasteiger partial charge is 0.0994 e. The summed E-state index contributed by atoms with van der Waals surface area (Å²) in [5, 5.41) is 0. The summed E-state index contributed by atoms with van der Waals surface area (Å²) in [6.45, 7) is 14.1. The van der Waals surface area contributed by atoms with Gasteiger partial charge in [0.05, 0.1) is 25.7 Å². The third-order valence-corrected chi connectivity index (χ3v) is 2.65. The van der Waals surface area contributed by atoms with E-state index >= 15 is 0 Å². The van der Waals surface area contributed by atoms with Gasteiger partial charge in [0.2, 0.25) is 0 Å². The third-order valence-electron chi connectivity index (χ3n) is 2.65. The summed E-state index contributed by atoms with van der Waals surface area (Å²) in [4.78, 5) is 4.71. The molecule has 1 saturated heterocycles. The number of nitrogens with zero attached hydrogens (tertiary/aromatic N) is 2. The van der Waals surface area contributed by atoms with Crippen LogP contribution < -0.4 is 0 Å². The standard InChI is InChI=1S/C12H26N2O2/c1-11(2)15-9-13-5-7-14(8-6-13)10-16-12(3)4/h11-12H,5-10H2,1-4H3. The Bertz CT molecular complexity index is 158. The average Bonchev–Trinajstić information content (AvgIpc) is 2.25. The van der Waals surface area contributed by atoms with Crippen molar-refractivity contribution >= 4 is 0 Å². The molecule has 0 amide bonds. The lowest BCUT2D eigenvalue weighted by Gasteiger charge is -2.34. The van der Waals surface area contributed by atoms with Gasteiger partial charge in [0.1, 0.15) is 0 Å². The highest BCUT2D eigenvalue weighted by molar-refractivity contribution is 4.68. The van der Waals surface area contributed by atoms with E-state index in [4.69, 9.17) is 9.47 Å². The molecule has 0 bridgehead atoms. The Morgan fingerprint density at radius 3 is 1.31 bits per heavy atom. The molecule has 1 aliphatic rings. The van der Waals surface area contributed by atoms with Crippen molar-refractivity contribution in [2.75, 3.05) is 39.6 Å². The maximum atomic E-state index is 5.59. The molecule has 1 rings (SSSR count). The van der Waals surface area contributed by atoms with E-state index < -0.39 is 0 Å². The quantitative estimate of drug-likeness (QED) is 0.688. The Morgan fingerprint density at radius 2 is 1.06 bits per heavy atom. The van der Waals surface area contributed by atoms with Crippen LogP contribution in [-0.2, 0) is 9.47 Å². The van der Waals surface area contributed by atoms with Crippen LogP contribution in [0.2, 0.25) is 0 Å². The second-order valence-electron chi connectivity index (χ2n) is 4.93. The van der Waals surface area contributed by atoms with E-state index in [0.29, 0.717) is 12.2 Å². The molecule has 0 spiro atoms. The van der Waals surface area contributed by atoms with Gasteiger partial charge in [-0.05, 0) is 27.7 Å². The first-order valence-electron chi connectivity index (χ1n) is 6.26. The molecule has 0 aromatic heterocycles. The van der Waals surface area contributed by atoms with Gasteiger partial charge in [0, 0.05) is 26.2 Å². The Hall–Kier alpha value is -0.160. The summed E-state index contributed by atoms with van der Waals surface area (Å²) in [5.41, 5.74) is 0. The van der Waals surface area contributed by atoms with E-state index in [1.165, 1.54) is 0 Å². The van der Waals surface area contributed by atoms with Crippen LogP contribution >= 0.6 is 0 Å². The molecule has 0 N–H and O–H groups in total. The molecule has 0 radical (unpaired) electrons. The number of hydrogen-bond acceptors (Lipinski definition) is 4. The number of hydrogen-bond donors (Lipinski definition) is 0. The summed E-state index contributed by atoms with van der Waals surface area (Å²) in [7, 11) is 0. The molecule has 1 heterocycles. The van der Waals surface area contributed by atoms with Gasteiger partial charge in [-0.25, -0.2) is 0 Å². The fourth-order valence-electron chi connectivity index (χ4n) is 1.56. The highest BCUT2D eigenvalue weighted by atomic mass is 16.5. The normalized spacial score (nSPS) is 19.9. The van der Waals surface area contributed by atoms with Crippen LogP contribution in [0, 0.1) is 0 Å². The van der Waals surface area contributed by atoms with Gasteiger partial charge < -0.3 is 9.47 Å². The molecule has 4 heteroatoms. The van der Waals surface area contributed by atoms with Crippen LogP contribution in [0.25, 0.3) is 0 Å². The summed E-state index contributed by atoms with van der Waals surface area (Å²) < 4.78 is 11.2. The van der Waals surface area contributed by atoms with E-state index in [-0.39, 0.29) is 0 Å². The zero-order valence-electron chi connectivity index (χ0n) is 11.1. The number of ether oxygens (including phenoxy) is 2. The van der Waals surface area contributed by atoms with Crippen LogP contribution in [0.4, 0.5) is 0 Å². The Labute approximate surface area is 99.5 Å². The molecule has 4 nitrogen and oxygen atoms in total. The van der Waals surface area contributed by atoms with Crippen molar-refractivity contribution in [3.63, 3.8) is 0 Å². The SMILES string of the molecule is CC(C)OCN1CCN(COC(C)C)CC1. The third kappa shape index (κ3) is 5.80. The van der Waals surface area contributed by atoms with Crippen molar-refractivity contribution in [3.8, 4) is 0 Å². The van der Waals surface area contributed by atoms with Gasteiger partial charge in [-0.3, -0.25) is 9.80 Å². The van der Waals surface area contributed by atoms with E-state index in [0.717, 1.165) is 39.6 Å². The Kier molecular flexibility index (Phi) is 6.28. The zero-order chi connectivity index (χ0) is 12.0. The highest BCUT2D eigenvalue weighted by Crippen LogP contribution is 2.03. The van der Waals surface area contributed by atoms with Crippen LogP contribution in [0.3, 0.4) is 0 Å². The van der Waals surface area contributed by atoms with Crippen molar-refractivity contribution in [1.82, 2.24) is 9.80 Å². The van der Waals surface area contributed by atoms with Crippen LogP contribution in [-0.4, -0.2) is 61.6 Å². The van der Waals surface area contributed by atoms with Gasteiger partial charge in [0.25, 0.3) is 0 Å². The second-order valence-corrected chi connectivity index (χ2v) is 4.93. The predicted molar refractivity (Wildman–Crippen MR) is 65.3 cm³/mol. The molecule has 16 heavy (non-hydrogen) atoms. The fraction of sp³-hybridized carbons (Fsp3) is 1.00. The van der Waals surface area contributed by atoms with Crippen LogP contribution in [0.5, 0.6) is 0 Å². The van der Waals surface area contributed by atoms with Crippen molar-refractivity contribution in [2.24, 2.45) is 0 Å². The molecule has 0 aliphatic carbocycles. The lowest BCUT2D eigenvalue weighted by molar-refractivity contribution is -0.0572. The Balaban J connectivity index is 2.09. The van der Waals surface area contributed by atoms with E-state index in [9.17, 15) is 0 Å². The molecule has 0 saturated carbocycles. The maximum Gasteiger partial charge on any atom is 0.0994 e. The number of piperazine rings is 1. The molecule has 0 unspecified atom stereocenters. The monoisotopic (exact) mass is 230 g/mol. The van der Waals surface area contributed by atoms with Gasteiger partial charge in [-0.15, -0.1) is 0 Å². The summed E-state index contributed by atoms with van der Waals surface area (Å²) in [6.07, 6.45) is 0.643. The molecule has 0 aromatic rings. The minimum Gasteiger partial charge on any atom is -0.363 e. The Morgan fingerprint density at radius 1 is 0.750 bits per heavy atom. The van der Waals surface area contributed by atoms with Crippen LogP contribution in [0.15, 0.2) is 0 Å². The van der Waals surface area contributed by atoms with Crippen molar-refractivity contribution < 1.29 is 9.47 Å². The van der Waals surface area contributed by atoms with Crippen LogP contribution in [0.1, 0.15) is 27.7 Å². The fourth-order valence-corrected chi connectivity index (χ4v) is 1.56. The van der Waals surface area contributed by atoms with E-state index in [2.05, 4.69) is 37.5 Å². The lowest BCUT2D eigenvalue weighted by atomic mass is 10.3. The molecule has 1 fully saturated rings. The van der Waals surface area contributed by atoms with Gasteiger partial charge in [0.15, 0.2) is 0 Å². The average molecular weight is 230 g/mol. The molecule has 0 atom stereocenters. The highest BCUT2D eigenvalue weighted by Gasteiger charge is 2.17. The minimum absolute atomic E-state index is 0.322. The first kappa shape index (κ1) is 13.9. The minimum atomic E-state index is 0.322. The summed E-state index contributed by atoms with van der Waals surface area (Å²) >= 11 is 0. The van der Waals surface area contributed by atoms with Crippen molar-refractivity contribution in [3.05, 3.63) is 0 Å². The van der Waals surface area contributed by atoms with Crippen molar-refractivity contribution in [1.29, 1.82) is 0 Å². The molecular formula is C12H26N2O2. The predicted octanol–water partition coefficient (Wildman–Crippen LogP) is 1.37. The molecule has 0 aromatic carbocycles. The maximum absolute atomic E-state index is 5.59. The zero-order valence-corrected chi connectivity index (χ0v) is 11.1. The molecular weight excluding hydrogens is 204 g/mol. The number of rotatable bonds is 6. The first-order valence-corrected chi connectivity index (χ1v) is 6.26. The largest absolute Gasteiger partial charge is 0.363 e. The summed E-state index contributed by atoms with van der Waals surface area (Å²) in [6, 6.07) is 0. The van der Waals surface area contributed by atoms with Gasteiger partial charge >= 0.3 is 0 Å². The van der Waals surface area contributed by atoms with Crippen molar-refractivity contribution in [2.45, 2.75) is 39.9 Å². The first-order chi connectivity index (χ1) is 7.58. The van der Waals surface area contributed by atoms with Gasteiger partial charge in [-0.2, -0.15) is 0 Å². The molecule has 1 aliphatic heterocycles. The molecule has 96 valence electrons. The van der Waals surface area contributed by atoms with E-state index in [1.54, 1.807) is 0 Å². The summed E-state index contributed by atoms with van der Waals surface area (Å²) in [5.74, 6) is 0. The lowest BCUT2D eigenvalue weighted by Crippen LogP contribution is -2.48. The van der Waals surface area contributed by atoms with Gasteiger partial charge in [-0.1, -0.05) is 0 Å². The topological polar surface area (TPSA) is 24.9 Å². The van der Waals surface area contributed by atoms with E-state index in [1.807, 2.05) is 0 Å².